The number of hydrogen-bond acceptors (Lipinski definition) is 3. The molecule has 0 spiro atoms. The minimum atomic E-state index is -0.559. The predicted molar refractivity (Wildman–Crippen MR) is 74.8 cm³/mol. The van der Waals surface area contributed by atoms with E-state index in [1.807, 2.05) is 17.5 Å². The maximum absolute atomic E-state index is 13.1. The number of fused-ring (bicyclic) bond motifs is 1. The largest absolute Gasteiger partial charge is 0.387 e. The highest BCUT2D eigenvalue weighted by atomic mass is 32.1. The fourth-order valence-corrected chi connectivity index (χ4v) is 4.04. The molecule has 92 valence electrons. The van der Waals surface area contributed by atoms with Crippen LogP contribution in [0, 0.1) is 5.82 Å². The van der Waals surface area contributed by atoms with E-state index in [0.29, 0.717) is 6.42 Å². The first-order valence-electron chi connectivity index (χ1n) is 5.62. The van der Waals surface area contributed by atoms with Crippen molar-refractivity contribution in [3.8, 4) is 0 Å². The lowest BCUT2D eigenvalue weighted by molar-refractivity contribution is 0.182. The summed E-state index contributed by atoms with van der Waals surface area (Å²) in [5, 5.41) is 12.2. The molecule has 1 nitrogen and oxygen atoms in total. The Morgan fingerprint density at radius 3 is 2.83 bits per heavy atom. The summed E-state index contributed by atoms with van der Waals surface area (Å²) < 4.78 is 15.5. The van der Waals surface area contributed by atoms with E-state index in [-0.39, 0.29) is 5.82 Å². The average Bonchev–Trinajstić information content (AvgIpc) is 2.88. The Kier molecular flexibility index (Phi) is 3.16. The minimum absolute atomic E-state index is 0.258. The van der Waals surface area contributed by atoms with Crippen molar-refractivity contribution < 1.29 is 9.50 Å². The fourth-order valence-electron chi connectivity index (χ4n) is 1.94. The minimum Gasteiger partial charge on any atom is -0.387 e. The lowest BCUT2D eigenvalue weighted by Gasteiger charge is -2.08. The number of aliphatic hydroxyl groups excluding tert-OH is 1. The zero-order valence-electron chi connectivity index (χ0n) is 9.47. The van der Waals surface area contributed by atoms with Crippen molar-refractivity contribution in [2.45, 2.75) is 12.5 Å². The van der Waals surface area contributed by atoms with Gasteiger partial charge in [0.05, 0.1) is 6.10 Å². The van der Waals surface area contributed by atoms with Gasteiger partial charge in [-0.2, -0.15) is 0 Å². The van der Waals surface area contributed by atoms with Crippen LogP contribution in [-0.4, -0.2) is 5.11 Å². The molecule has 1 N–H and O–H groups in total. The summed E-state index contributed by atoms with van der Waals surface area (Å²) in [4.78, 5) is 0.945. The smallest absolute Gasteiger partial charge is 0.123 e. The van der Waals surface area contributed by atoms with Crippen LogP contribution in [0.4, 0.5) is 4.39 Å². The number of thiophene rings is 2. The Labute approximate surface area is 112 Å². The van der Waals surface area contributed by atoms with Gasteiger partial charge in [-0.1, -0.05) is 12.1 Å². The second kappa shape index (κ2) is 4.80. The number of rotatable bonds is 3. The van der Waals surface area contributed by atoms with E-state index < -0.39 is 6.10 Å². The van der Waals surface area contributed by atoms with Crippen molar-refractivity contribution in [2.24, 2.45) is 0 Å². The van der Waals surface area contributed by atoms with Gasteiger partial charge in [0.15, 0.2) is 0 Å². The number of hydrogen-bond donors (Lipinski definition) is 1. The molecule has 3 rings (SSSR count). The zero-order valence-corrected chi connectivity index (χ0v) is 11.1. The Morgan fingerprint density at radius 2 is 2.06 bits per heavy atom. The summed E-state index contributed by atoms with van der Waals surface area (Å²) in [6.45, 7) is 0. The van der Waals surface area contributed by atoms with Crippen molar-refractivity contribution in [3.63, 3.8) is 0 Å². The molecule has 2 heterocycles. The van der Waals surface area contributed by atoms with E-state index in [0.717, 1.165) is 10.4 Å². The lowest BCUT2D eigenvalue weighted by Crippen LogP contribution is -1.99. The van der Waals surface area contributed by atoms with Gasteiger partial charge in [0.1, 0.15) is 5.82 Å². The average molecular weight is 278 g/mol. The van der Waals surface area contributed by atoms with Crippen molar-refractivity contribution in [1.29, 1.82) is 0 Å². The number of benzene rings is 1. The highest BCUT2D eigenvalue weighted by molar-refractivity contribution is 7.26. The zero-order chi connectivity index (χ0) is 12.5. The quantitative estimate of drug-likeness (QED) is 0.754. The highest BCUT2D eigenvalue weighted by Gasteiger charge is 2.13. The van der Waals surface area contributed by atoms with Crippen LogP contribution < -0.4 is 0 Å². The molecule has 0 saturated heterocycles. The van der Waals surface area contributed by atoms with Crippen molar-refractivity contribution in [1.82, 2.24) is 0 Å². The Morgan fingerprint density at radius 1 is 1.17 bits per heavy atom. The van der Waals surface area contributed by atoms with Gasteiger partial charge in [-0.3, -0.25) is 0 Å². The molecule has 1 atom stereocenters. The molecule has 0 radical (unpaired) electrons. The number of halogens is 1. The molecule has 1 unspecified atom stereocenters. The van der Waals surface area contributed by atoms with Gasteiger partial charge < -0.3 is 5.11 Å². The molecule has 4 heteroatoms. The molecular formula is C14H11FOS2. The van der Waals surface area contributed by atoms with Crippen LogP contribution in [0.25, 0.3) is 9.40 Å². The Bertz CT molecular complexity index is 643. The first-order valence-corrected chi connectivity index (χ1v) is 7.31. The molecule has 0 saturated carbocycles. The van der Waals surface area contributed by atoms with E-state index in [2.05, 4.69) is 6.07 Å². The van der Waals surface area contributed by atoms with Crippen LogP contribution in [0.3, 0.4) is 0 Å². The monoisotopic (exact) mass is 278 g/mol. The van der Waals surface area contributed by atoms with Crippen LogP contribution in [0.1, 0.15) is 16.5 Å². The van der Waals surface area contributed by atoms with E-state index in [1.165, 1.54) is 21.5 Å². The third-order valence-electron chi connectivity index (χ3n) is 2.80. The first-order chi connectivity index (χ1) is 8.72. The van der Waals surface area contributed by atoms with Crippen LogP contribution in [0.15, 0.2) is 41.8 Å². The second-order valence-corrected chi connectivity index (χ2v) is 6.21. The summed E-state index contributed by atoms with van der Waals surface area (Å²) in [6, 6.07) is 10.5. The predicted octanol–water partition coefficient (Wildman–Crippen LogP) is 4.38. The lowest BCUT2D eigenvalue weighted by atomic mass is 10.1. The molecule has 2 aromatic heterocycles. The highest BCUT2D eigenvalue weighted by Crippen LogP contribution is 2.34. The van der Waals surface area contributed by atoms with Gasteiger partial charge in [-0.25, -0.2) is 4.39 Å². The maximum atomic E-state index is 13.1. The van der Waals surface area contributed by atoms with Gasteiger partial charge in [0, 0.05) is 20.7 Å². The third-order valence-corrected chi connectivity index (χ3v) is 5.00. The molecule has 3 aromatic rings. The summed E-state index contributed by atoms with van der Waals surface area (Å²) in [5.74, 6) is -0.258. The second-order valence-electron chi connectivity index (χ2n) is 4.15. The van der Waals surface area contributed by atoms with Gasteiger partial charge in [-0.05, 0) is 35.2 Å². The van der Waals surface area contributed by atoms with Crippen LogP contribution in [0.2, 0.25) is 0 Å². The van der Waals surface area contributed by atoms with E-state index in [1.54, 1.807) is 28.7 Å². The van der Waals surface area contributed by atoms with Crippen molar-refractivity contribution >= 4 is 32.1 Å². The number of aliphatic hydroxyl groups is 1. The van der Waals surface area contributed by atoms with Gasteiger partial charge in [0.2, 0.25) is 0 Å². The summed E-state index contributed by atoms with van der Waals surface area (Å²) in [6.07, 6.45) is -0.109. The summed E-state index contributed by atoms with van der Waals surface area (Å²) >= 11 is 3.28. The van der Waals surface area contributed by atoms with Gasteiger partial charge in [-0.15, -0.1) is 22.7 Å². The molecule has 0 bridgehead atoms. The molecule has 0 fully saturated rings. The van der Waals surface area contributed by atoms with E-state index in [4.69, 9.17) is 0 Å². The van der Waals surface area contributed by atoms with Crippen LogP contribution >= 0.6 is 22.7 Å². The standard InChI is InChI=1S/C14H11FOS2/c15-10-3-1-2-9(6-10)7-11(16)13-8-14-12(18-13)4-5-17-14/h1-6,8,11,16H,7H2. The molecule has 18 heavy (non-hydrogen) atoms. The van der Waals surface area contributed by atoms with Gasteiger partial charge >= 0.3 is 0 Å². The molecule has 0 aliphatic rings. The maximum Gasteiger partial charge on any atom is 0.123 e. The third kappa shape index (κ3) is 2.32. The molecule has 0 aliphatic carbocycles. The fraction of sp³-hybridized carbons (Fsp3) is 0.143. The molecule has 0 aliphatic heterocycles. The Balaban J connectivity index is 1.82. The molecular weight excluding hydrogens is 267 g/mol. The Hall–Kier alpha value is -1.23. The molecule has 1 aromatic carbocycles. The summed E-state index contributed by atoms with van der Waals surface area (Å²) in [7, 11) is 0. The van der Waals surface area contributed by atoms with E-state index in [9.17, 15) is 9.50 Å². The topological polar surface area (TPSA) is 20.2 Å². The van der Waals surface area contributed by atoms with E-state index >= 15 is 0 Å². The van der Waals surface area contributed by atoms with Crippen molar-refractivity contribution in [3.05, 3.63) is 58.0 Å². The molecule has 0 amide bonds. The van der Waals surface area contributed by atoms with Crippen molar-refractivity contribution in [2.75, 3.05) is 0 Å². The van der Waals surface area contributed by atoms with Crippen LogP contribution in [0.5, 0.6) is 0 Å². The normalized spacial score (nSPS) is 13.0. The first kappa shape index (κ1) is 11.8. The summed E-state index contributed by atoms with van der Waals surface area (Å²) in [5.41, 5.74) is 0.819. The SMILES string of the molecule is OC(Cc1cccc(F)c1)c1cc2sccc2s1. The van der Waals surface area contributed by atoms with Gasteiger partial charge in [0.25, 0.3) is 0 Å². The van der Waals surface area contributed by atoms with Crippen LogP contribution in [-0.2, 0) is 6.42 Å².